The van der Waals surface area contributed by atoms with Crippen LogP contribution in [0, 0.1) is 0 Å². The van der Waals surface area contributed by atoms with Gasteiger partial charge in [-0.2, -0.15) is 0 Å². The lowest BCUT2D eigenvalue weighted by atomic mass is 10.4. The Kier molecular flexibility index (Phi) is 8.61. The van der Waals surface area contributed by atoms with Crippen LogP contribution in [0.3, 0.4) is 0 Å². The van der Waals surface area contributed by atoms with Gasteiger partial charge in [0.25, 0.3) is 0 Å². The molecule has 0 radical (unpaired) electrons. The van der Waals surface area contributed by atoms with Crippen molar-refractivity contribution in [3.8, 4) is 0 Å². The third kappa shape index (κ3) is 7.71. The average Bonchev–Trinajstić information content (AvgIpc) is 3.07. The minimum atomic E-state index is 0.732. The van der Waals surface area contributed by atoms with Crippen molar-refractivity contribution in [3.63, 3.8) is 0 Å². The van der Waals surface area contributed by atoms with E-state index in [0.29, 0.717) is 0 Å². The van der Waals surface area contributed by atoms with Gasteiger partial charge in [-0.15, -0.1) is 0 Å². The quantitative estimate of drug-likeness (QED) is 0.372. The lowest BCUT2D eigenvalue weighted by Gasteiger charge is -2.06. The van der Waals surface area contributed by atoms with Gasteiger partial charge in [0.1, 0.15) is 0 Å². The maximum absolute atomic E-state index is 3.60. The maximum Gasteiger partial charge on any atom is 0.0237 e. The molecule has 0 bridgehead atoms. The van der Waals surface area contributed by atoms with Crippen LogP contribution >= 0.6 is 0 Å². The molecule has 2 atom stereocenters. The highest BCUT2D eigenvalue weighted by atomic mass is 15.1. The molecule has 4 heteroatoms. The number of rotatable bonds is 12. The number of hydrogen-bond acceptors (Lipinski definition) is 4. The first kappa shape index (κ1) is 14.9. The fourth-order valence-electron chi connectivity index (χ4n) is 2.00. The van der Waals surface area contributed by atoms with E-state index in [2.05, 4.69) is 35.1 Å². The molecule has 17 heavy (non-hydrogen) atoms. The number of hydrogen-bond donors (Lipinski definition) is 4. The van der Waals surface area contributed by atoms with Crippen LogP contribution in [0.15, 0.2) is 0 Å². The molecule has 0 saturated heterocycles. The van der Waals surface area contributed by atoms with E-state index >= 15 is 0 Å². The summed E-state index contributed by atoms with van der Waals surface area (Å²) >= 11 is 0. The Labute approximate surface area is 106 Å². The van der Waals surface area contributed by atoms with E-state index in [9.17, 15) is 0 Å². The Bertz CT molecular complexity index is 157. The first-order valence-corrected chi connectivity index (χ1v) is 7.26. The molecule has 0 aromatic rings. The van der Waals surface area contributed by atoms with Gasteiger partial charge in [-0.25, -0.2) is 0 Å². The minimum Gasteiger partial charge on any atom is -0.317 e. The third-order valence-electron chi connectivity index (χ3n) is 3.16. The molecule has 4 nitrogen and oxygen atoms in total. The second-order valence-corrected chi connectivity index (χ2v) is 4.77. The molecule has 2 unspecified atom stereocenters. The summed E-state index contributed by atoms with van der Waals surface area (Å²) in [5, 5.41) is 13.9. The topological polar surface area (TPSA) is 48.1 Å². The summed E-state index contributed by atoms with van der Waals surface area (Å²) in [6, 6.07) is 1.46. The predicted molar refractivity (Wildman–Crippen MR) is 74.5 cm³/mol. The van der Waals surface area contributed by atoms with Crippen molar-refractivity contribution >= 4 is 0 Å². The summed E-state index contributed by atoms with van der Waals surface area (Å²) in [6.07, 6.45) is 3.78. The summed E-state index contributed by atoms with van der Waals surface area (Å²) < 4.78 is 0. The van der Waals surface area contributed by atoms with E-state index in [4.69, 9.17) is 0 Å². The summed E-state index contributed by atoms with van der Waals surface area (Å²) in [6.45, 7) is 11.0. The molecule has 0 spiro atoms. The zero-order valence-corrected chi connectivity index (χ0v) is 11.5. The highest BCUT2D eigenvalue weighted by Gasteiger charge is 2.35. The van der Waals surface area contributed by atoms with Gasteiger partial charge in [0.2, 0.25) is 0 Å². The van der Waals surface area contributed by atoms with E-state index in [-0.39, 0.29) is 0 Å². The van der Waals surface area contributed by atoms with Crippen molar-refractivity contribution in [1.82, 2.24) is 21.3 Å². The van der Waals surface area contributed by atoms with Crippen LogP contribution in [0.4, 0.5) is 0 Å². The molecule has 0 aromatic carbocycles. The van der Waals surface area contributed by atoms with Gasteiger partial charge in [-0.1, -0.05) is 13.8 Å². The Morgan fingerprint density at radius 3 is 1.65 bits per heavy atom. The fraction of sp³-hybridized carbons (Fsp3) is 1.00. The molecule has 1 aliphatic carbocycles. The van der Waals surface area contributed by atoms with Crippen molar-refractivity contribution in [3.05, 3.63) is 0 Å². The van der Waals surface area contributed by atoms with E-state index in [1.54, 1.807) is 0 Å². The highest BCUT2D eigenvalue weighted by Crippen LogP contribution is 2.20. The van der Waals surface area contributed by atoms with Crippen molar-refractivity contribution in [2.45, 2.75) is 45.2 Å². The van der Waals surface area contributed by atoms with Crippen molar-refractivity contribution in [2.24, 2.45) is 0 Å². The minimum absolute atomic E-state index is 0.732. The lowest BCUT2D eigenvalue weighted by Crippen LogP contribution is -2.30. The molecule has 1 fully saturated rings. The van der Waals surface area contributed by atoms with Crippen molar-refractivity contribution in [1.29, 1.82) is 0 Å². The van der Waals surface area contributed by atoms with Crippen LogP contribution < -0.4 is 21.3 Å². The largest absolute Gasteiger partial charge is 0.317 e. The van der Waals surface area contributed by atoms with Gasteiger partial charge in [-0.3, -0.25) is 0 Å². The molecule has 1 aliphatic rings. The highest BCUT2D eigenvalue weighted by molar-refractivity contribution is 4.99. The second-order valence-electron chi connectivity index (χ2n) is 4.77. The standard InChI is InChI=1S/C13H30N4/c1-3-14-7-5-9-16-12-11-13(12)17-10-6-8-15-4-2/h12-17H,3-11H2,1-2H3. The maximum atomic E-state index is 3.60. The molecular weight excluding hydrogens is 212 g/mol. The summed E-state index contributed by atoms with van der Waals surface area (Å²) in [7, 11) is 0. The monoisotopic (exact) mass is 242 g/mol. The van der Waals surface area contributed by atoms with Gasteiger partial charge in [0.05, 0.1) is 0 Å². The van der Waals surface area contributed by atoms with Gasteiger partial charge in [0, 0.05) is 12.1 Å². The molecule has 0 aromatic heterocycles. The van der Waals surface area contributed by atoms with Gasteiger partial charge in [-0.05, 0) is 58.5 Å². The molecular formula is C13H30N4. The number of nitrogens with one attached hydrogen (secondary N) is 4. The van der Waals surface area contributed by atoms with Crippen LogP contribution in [-0.2, 0) is 0 Å². The molecule has 4 N–H and O–H groups in total. The second kappa shape index (κ2) is 9.83. The molecule has 102 valence electrons. The molecule has 0 amide bonds. The summed E-state index contributed by atoms with van der Waals surface area (Å²) in [5.74, 6) is 0. The molecule has 0 heterocycles. The summed E-state index contributed by atoms with van der Waals surface area (Å²) in [4.78, 5) is 0. The van der Waals surface area contributed by atoms with E-state index < -0.39 is 0 Å². The van der Waals surface area contributed by atoms with Crippen molar-refractivity contribution < 1.29 is 0 Å². The Balaban J connectivity index is 1.78. The van der Waals surface area contributed by atoms with E-state index in [0.717, 1.165) is 51.4 Å². The Hall–Kier alpha value is -0.160. The van der Waals surface area contributed by atoms with Crippen LogP contribution in [0.1, 0.15) is 33.1 Å². The normalized spacial score (nSPS) is 22.9. The van der Waals surface area contributed by atoms with Crippen LogP contribution in [0.2, 0.25) is 0 Å². The van der Waals surface area contributed by atoms with E-state index in [1.165, 1.54) is 19.3 Å². The van der Waals surface area contributed by atoms with Gasteiger partial charge < -0.3 is 21.3 Å². The van der Waals surface area contributed by atoms with Gasteiger partial charge >= 0.3 is 0 Å². The first-order valence-electron chi connectivity index (χ1n) is 7.26. The predicted octanol–water partition coefficient (Wildman–Crippen LogP) is 0.306. The molecule has 1 rings (SSSR count). The van der Waals surface area contributed by atoms with Crippen LogP contribution in [-0.4, -0.2) is 51.4 Å². The average molecular weight is 242 g/mol. The molecule has 1 saturated carbocycles. The Morgan fingerprint density at radius 1 is 0.765 bits per heavy atom. The smallest absolute Gasteiger partial charge is 0.0237 e. The van der Waals surface area contributed by atoms with Crippen LogP contribution in [0.5, 0.6) is 0 Å². The zero-order valence-electron chi connectivity index (χ0n) is 11.5. The fourth-order valence-corrected chi connectivity index (χ4v) is 2.00. The van der Waals surface area contributed by atoms with Crippen molar-refractivity contribution in [2.75, 3.05) is 39.3 Å². The van der Waals surface area contributed by atoms with Gasteiger partial charge in [0.15, 0.2) is 0 Å². The molecule has 0 aliphatic heterocycles. The summed E-state index contributed by atoms with van der Waals surface area (Å²) in [5.41, 5.74) is 0. The Morgan fingerprint density at radius 2 is 1.24 bits per heavy atom. The lowest BCUT2D eigenvalue weighted by molar-refractivity contribution is 0.558. The van der Waals surface area contributed by atoms with E-state index in [1.807, 2.05) is 0 Å². The SMILES string of the molecule is CCNCCCNC1CC1NCCCNCC. The third-order valence-corrected chi connectivity index (χ3v) is 3.16. The first-order chi connectivity index (χ1) is 8.38. The zero-order chi connectivity index (χ0) is 12.3. The van der Waals surface area contributed by atoms with Crippen LogP contribution in [0.25, 0.3) is 0 Å².